The van der Waals surface area contributed by atoms with Gasteiger partial charge in [-0.05, 0) is 12.1 Å². The Labute approximate surface area is 120 Å². The molecule has 0 heterocycles. The van der Waals surface area contributed by atoms with E-state index in [9.17, 15) is 4.21 Å². The molecule has 5 heteroatoms. The minimum atomic E-state index is -0.829. The topological polar surface area (TPSA) is 51.4 Å². The first-order valence-electron chi connectivity index (χ1n) is 5.35. The molecule has 3 nitrogen and oxygen atoms in total. The fourth-order valence-corrected chi connectivity index (χ4v) is 1.49. The zero-order valence-corrected chi connectivity index (χ0v) is 12.6. The summed E-state index contributed by atoms with van der Waals surface area (Å²) in [6.45, 7) is 3.76. The average molecular weight is 349 g/mol. The minimum Gasteiger partial charge on any atom is -0.660 e. The largest absolute Gasteiger partial charge is 0.660 e. The Morgan fingerprint density at radius 2 is 1.82 bits per heavy atom. The number of aliphatic hydroxyl groups excluding tert-OH is 1. The van der Waals surface area contributed by atoms with Gasteiger partial charge in [-0.15, -0.1) is 13.1 Å². The molecule has 0 bridgehead atoms. The monoisotopic (exact) mass is 348 g/mol. The van der Waals surface area contributed by atoms with Crippen LogP contribution in [0.1, 0.15) is 13.3 Å². The molecule has 1 aromatic rings. The second-order valence-corrected chi connectivity index (χ2v) is 4.54. The van der Waals surface area contributed by atoms with E-state index in [0.29, 0.717) is 6.54 Å². The van der Waals surface area contributed by atoms with E-state index in [-0.39, 0.29) is 27.0 Å². The average Bonchev–Trinajstić information content (AvgIpc) is 2.32. The first-order valence-corrected chi connectivity index (χ1v) is 6.90. The van der Waals surface area contributed by atoms with E-state index >= 15 is 0 Å². The van der Waals surface area contributed by atoms with Crippen LogP contribution in [0, 0.1) is 0 Å². The van der Waals surface area contributed by atoms with Crippen molar-refractivity contribution in [3.05, 3.63) is 35.6 Å². The van der Waals surface area contributed by atoms with Crippen molar-refractivity contribution in [3.63, 3.8) is 0 Å². The number of aliphatic hydroxyl groups is 1. The van der Waals surface area contributed by atoms with Crippen LogP contribution in [-0.2, 0) is 31.2 Å². The number of hydrogen-bond donors (Lipinski definition) is 1. The van der Waals surface area contributed by atoms with Crippen LogP contribution < -0.4 is 0 Å². The molecule has 0 fully saturated rings. The molecule has 17 heavy (non-hydrogen) atoms. The number of benzene rings is 1. The third-order valence-corrected chi connectivity index (χ3v) is 2.65. The predicted molar refractivity (Wildman–Crippen MR) is 69.2 cm³/mol. The molecule has 1 unspecified atom stereocenters. The van der Waals surface area contributed by atoms with E-state index in [0.717, 1.165) is 17.9 Å². The van der Waals surface area contributed by atoms with Crippen molar-refractivity contribution in [2.75, 3.05) is 26.0 Å². The first-order chi connectivity index (χ1) is 7.72. The summed E-state index contributed by atoms with van der Waals surface area (Å²) in [5.41, 5.74) is 0. The van der Waals surface area contributed by atoms with E-state index in [1.807, 2.05) is 30.3 Å². The fourth-order valence-electron chi connectivity index (χ4n) is 0.953. The van der Waals surface area contributed by atoms with Crippen LogP contribution in [0.15, 0.2) is 35.2 Å². The third kappa shape index (κ3) is 12.2. The van der Waals surface area contributed by atoms with Gasteiger partial charge < -0.3 is 10.4 Å². The number of nitrogens with zero attached hydrogens (tertiary/aromatic N) is 1. The van der Waals surface area contributed by atoms with Gasteiger partial charge in [-0.3, -0.25) is 4.21 Å². The van der Waals surface area contributed by atoms with Crippen molar-refractivity contribution in [2.45, 2.75) is 18.2 Å². The molecular weight excluding hydrogens is 329 g/mol. The standard InChI is InChI=1S/C7H8OS.C5H12NO.Pd/c1-9(8)7-5-3-2-4-6-7;1-2-3-6-4-5-7;/h2-6H,1H3;7H,2-5H2,1H3;/q;-1;. The van der Waals surface area contributed by atoms with Crippen LogP contribution in [0.2, 0.25) is 0 Å². The maximum absolute atomic E-state index is 10.8. The number of rotatable bonds is 5. The normalized spacial score (nSPS) is 10.8. The van der Waals surface area contributed by atoms with Crippen LogP contribution in [-0.4, -0.2) is 35.3 Å². The van der Waals surface area contributed by atoms with Crippen molar-refractivity contribution in [1.29, 1.82) is 0 Å². The Balaban J connectivity index is 0. The molecule has 0 aromatic heterocycles. The van der Waals surface area contributed by atoms with E-state index in [4.69, 9.17) is 5.11 Å². The van der Waals surface area contributed by atoms with Gasteiger partial charge in [0.2, 0.25) is 0 Å². The summed E-state index contributed by atoms with van der Waals surface area (Å²) in [4.78, 5) is 0.887. The van der Waals surface area contributed by atoms with E-state index in [1.54, 1.807) is 6.26 Å². The van der Waals surface area contributed by atoms with Crippen LogP contribution in [0.25, 0.3) is 5.32 Å². The van der Waals surface area contributed by atoms with Crippen molar-refractivity contribution in [3.8, 4) is 0 Å². The molecule has 0 radical (unpaired) electrons. The molecule has 0 saturated carbocycles. The van der Waals surface area contributed by atoms with Crippen molar-refractivity contribution in [2.24, 2.45) is 0 Å². The van der Waals surface area contributed by atoms with E-state index in [1.165, 1.54) is 0 Å². The Morgan fingerprint density at radius 3 is 2.18 bits per heavy atom. The van der Waals surface area contributed by atoms with E-state index < -0.39 is 10.8 Å². The second-order valence-electron chi connectivity index (χ2n) is 3.16. The van der Waals surface area contributed by atoms with Gasteiger partial charge in [-0.2, -0.15) is 0 Å². The third-order valence-electron chi connectivity index (χ3n) is 1.71. The molecule has 102 valence electrons. The zero-order chi connectivity index (χ0) is 12.2. The SMILES string of the molecule is CCC[N-]CCO.CS(=O)c1ccccc1.[Pd]. The minimum absolute atomic E-state index is 0. The summed E-state index contributed by atoms with van der Waals surface area (Å²) in [6, 6.07) is 9.40. The smallest absolute Gasteiger partial charge is 0.0498 e. The van der Waals surface area contributed by atoms with Gasteiger partial charge in [0.1, 0.15) is 0 Å². The molecule has 0 aliphatic rings. The summed E-state index contributed by atoms with van der Waals surface area (Å²) in [5, 5.41) is 12.2. The van der Waals surface area contributed by atoms with Gasteiger partial charge in [0.25, 0.3) is 0 Å². The van der Waals surface area contributed by atoms with Gasteiger partial charge in [-0.25, -0.2) is 0 Å². The van der Waals surface area contributed by atoms with Gasteiger partial charge >= 0.3 is 0 Å². The Bertz CT molecular complexity index is 279. The molecule has 1 rings (SSSR count). The Morgan fingerprint density at radius 1 is 1.24 bits per heavy atom. The molecule has 0 aliphatic heterocycles. The van der Waals surface area contributed by atoms with Crippen molar-refractivity contribution < 1.29 is 29.7 Å². The first kappa shape index (κ1) is 19.3. The molecule has 0 aliphatic carbocycles. The van der Waals surface area contributed by atoms with Crippen molar-refractivity contribution >= 4 is 10.8 Å². The zero-order valence-electron chi connectivity index (χ0n) is 10.2. The maximum Gasteiger partial charge on any atom is 0.0498 e. The molecule has 0 spiro atoms. The van der Waals surface area contributed by atoms with Gasteiger partial charge in [-0.1, -0.05) is 31.5 Å². The summed E-state index contributed by atoms with van der Waals surface area (Å²) in [5.74, 6) is 0. The molecule has 1 aromatic carbocycles. The summed E-state index contributed by atoms with van der Waals surface area (Å²) in [6.07, 6.45) is 2.76. The van der Waals surface area contributed by atoms with Gasteiger partial charge in [0.15, 0.2) is 0 Å². The summed E-state index contributed by atoms with van der Waals surface area (Å²) >= 11 is 0. The van der Waals surface area contributed by atoms with Crippen LogP contribution in [0.3, 0.4) is 0 Å². The Hall–Kier alpha value is -0.0477. The second kappa shape index (κ2) is 14.0. The van der Waals surface area contributed by atoms with Gasteiger partial charge in [0.05, 0.1) is 0 Å². The maximum atomic E-state index is 10.8. The molecule has 1 N–H and O–H groups in total. The van der Waals surface area contributed by atoms with E-state index in [2.05, 4.69) is 12.2 Å². The molecule has 1 atom stereocenters. The predicted octanol–water partition coefficient (Wildman–Crippen LogP) is 2.18. The summed E-state index contributed by atoms with van der Waals surface area (Å²) < 4.78 is 10.8. The van der Waals surface area contributed by atoms with Gasteiger partial charge in [0, 0.05) is 49.0 Å². The molecule has 0 amide bonds. The fraction of sp³-hybridized carbons (Fsp3) is 0.500. The quantitative estimate of drug-likeness (QED) is 0.655. The molecular formula is C12H20NO2PdS-. The van der Waals surface area contributed by atoms with Crippen LogP contribution in [0.5, 0.6) is 0 Å². The summed E-state index contributed by atoms with van der Waals surface area (Å²) in [7, 11) is -0.829. The molecule has 0 saturated heterocycles. The van der Waals surface area contributed by atoms with Crippen LogP contribution >= 0.6 is 0 Å². The van der Waals surface area contributed by atoms with Crippen molar-refractivity contribution in [1.82, 2.24) is 0 Å². The van der Waals surface area contributed by atoms with Crippen LogP contribution in [0.4, 0.5) is 0 Å². The Kier molecular flexibility index (Phi) is 15.9. The number of hydrogen-bond acceptors (Lipinski definition) is 2.